The van der Waals surface area contributed by atoms with Gasteiger partial charge in [-0.2, -0.15) is 0 Å². The third-order valence-corrected chi connectivity index (χ3v) is 2.03. The Morgan fingerprint density at radius 3 is 2.92 bits per heavy atom. The molecule has 0 saturated heterocycles. The smallest absolute Gasteiger partial charge is 0.294 e. The van der Waals surface area contributed by atoms with Gasteiger partial charge in [0, 0.05) is 0 Å². The van der Waals surface area contributed by atoms with Gasteiger partial charge in [-0.1, -0.05) is 12.2 Å². The van der Waals surface area contributed by atoms with Gasteiger partial charge >= 0.3 is 0 Å². The van der Waals surface area contributed by atoms with E-state index in [2.05, 4.69) is 10.3 Å². The van der Waals surface area contributed by atoms with Crippen LogP contribution in [0.4, 0.5) is 8.78 Å². The minimum atomic E-state index is -2.60. The first-order valence-electron chi connectivity index (χ1n) is 3.88. The lowest BCUT2D eigenvalue weighted by Crippen LogP contribution is -2.37. The maximum atomic E-state index is 12.2. The van der Waals surface area contributed by atoms with Gasteiger partial charge in [-0.25, -0.2) is 8.78 Å². The molecule has 0 radical (unpaired) electrons. The highest BCUT2D eigenvalue weighted by molar-refractivity contribution is 5.88. The number of aliphatic hydroxyl groups is 1. The van der Waals surface area contributed by atoms with Crippen molar-refractivity contribution in [3.8, 4) is 0 Å². The van der Waals surface area contributed by atoms with Crippen molar-refractivity contribution >= 4 is 5.84 Å². The first kappa shape index (κ1) is 8.22. The Labute approximate surface area is 73.5 Å². The summed E-state index contributed by atoms with van der Waals surface area (Å²) in [7, 11) is 0. The molecule has 13 heavy (non-hydrogen) atoms. The fraction of sp³-hybridized carbons (Fsp3) is 0.375. The number of aliphatic hydroxyl groups excluding tert-OH is 1. The van der Waals surface area contributed by atoms with Gasteiger partial charge in [0.05, 0.1) is 6.04 Å². The normalized spacial score (nSPS) is 31.0. The van der Waals surface area contributed by atoms with Gasteiger partial charge in [0.15, 0.2) is 5.84 Å². The number of fused-ring (bicyclic) bond motifs is 1. The highest BCUT2D eigenvalue weighted by atomic mass is 19.3. The predicted octanol–water partition coefficient (Wildman–Crippen LogP) is 1.00. The number of rotatable bonds is 1. The van der Waals surface area contributed by atoms with E-state index in [9.17, 15) is 13.9 Å². The molecule has 0 saturated carbocycles. The molecule has 5 heteroatoms. The molecule has 0 aromatic carbocycles. The van der Waals surface area contributed by atoms with E-state index in [0.717, 1.165) is 0 Å². The number of hydrogen-bond donors (Lipinski definition) is 2. The highest BCUT2D eigenvalue weighted by Gasteiger charge is 2.34. The van der Waals surface area contributed by atoms with E-state index in [4.69, 9.17) is 0 Å². The maximum absolute atomic E-state index is 12.2. The van der Waals surface area contributed by atoms with Crippen LogP contribution in [-0.4, -0.2) is 29.5 Å². The SMILES string of the molecule is OC1=CC=CC2NC(C(F)F)=NC12. The number of allylic oxidation sites excluding steroid dienone is 2. The topological polar surface area (TPSA) is 44.6 Å². The molecule has 0 bridgehead atoms. The largest absolute Gasteiger partial charge is 0.510 e. The van der Waals surface area contributed by atoms with Crippen molar-refractivity contribution in [3.63, 3.8) is 0 Å². The summed E-state index contributed by atoms with van der Waals surface area (Å²) in [5.74, 6) is -0.322. The zero-order valence-corrected chi connectivity index (χ0v) is 6.61. The number of aliphatic imine (C=N–C) groups is 1. The number of nitrogens with one attached hydrogen (secondary N) is 1. The van der Waals surface area contributed by atoms with Crippen LogP contribution in [0, 0.1) is 0 Å². The maximum Gasteiger partial charge on any atom is 0.294 e. The van der Waals surface area contributed by atoms with Gasteiger partial charge in [0.2, 0.25) is 0 Å². The van der Waals surface area contributed by atoms with Crippen molar-refractivity contribution in [2.75, 3.05) is 0 Å². The van der Waals surface area contributed by atoms with Crippen LogP contribution in [-0.2, 0) is 0 Å². The molecular weight excluding hydrogens is 178 g/mol. The van der Waals surface area contributed by atoms with Gasteiger partial charge in [-0.3, -0.25) is 4.99 Å². The summed E-state index contributed by atoms with van der Waals surface area (Å²) in [4.78, 5) is 3.68. The summed E-state index contributed by atoms with van der Waals surface area (Å²) >= 11 is 0. The number of alkyl halides is 2. The van der Waals surface area contributed by atoms with Crippen LogP contribution in [0.25, 0.3) is 0 Å². The van der Waals surface area contributed by atoms with E-state index in [1.165, 1.54) is 6.08 Å². The predicted molar refractivity (Wildman–Crippen MR) is 44.0 cm³/mol. The highest BCUT2D eigenvalue weighted by Crippen LogP contribution is 2.20. The number of nitrogens with zero attached hydrogens (tertiary/aromatic N) is 1. The van der Waals surface area contributed by atoms with Gasteiger partial charge < -0.3 is 10.4 Å². The molecule has 0 aromatic heterocycles. The molecule has 1 aliphatic heterocycles. The van der Waals surface area contributed by atoms with Crippen molar-refractivity contribution in [2.45, 2.75) is 18.5 Å². The van der Waals surface area contributed by atoms with E-state index in [0.29, 0.717) is 0 Å². The second-order valence-electron chi connectivity index (χ2n) is 2.91. The lowest BCUT2D eigenvalue weighted by atomic mass is 10.0. The fourth-order valence-electron chi connectivity index (χ4n) is 1.41. The number of hydrogen-bond acceptors (Lipinski definition) is 3. The third kappa shape index (κ3) is 1.30. The van der Waals surface area contributed by atoms with E-state index >= 15 is 0 Å². The molecule has 2 aliphatic rings. The molecule has 3 nitrogen and oxygen atoms in total. The molecule has 0 amide bonds. The Kier molecular flexibility index (Phi) is 1.79. The summed E-state index contributed by atoms with van der Waals surface area (Å²) in [6.07, 6.45) is 2.17. The Morgan fingerprint density at radius 2 is 2.31 bits per heavy atom. The van der Waals surface area contributed by atoms with Crippen molar-refractivity contribution in [3.05, 3.63) is 24.0 Å². The van der Waals surface area contributed by atoms with E-state index < -0.39 is 12.5 Å². The van der Waals surface area contributed by atoms with Crippen LogP contribution < -0.4 is 5.32 Å². The first-order valence-corrected chi connectivity index (χ1v) is 3.88. The molecular formula is C8H8F2N2O. The van der Waals surface area contributed by atoms with Crippen LogP contribution in [0.1, 0.15) is 0 Å². The fourth-order valence-corrected chi connectivity index (χ4v) is 1.41. The zero-order valence-electron chi connectivity index (χ0n) is 6.61. The van der Waals surface area contributed by atoms with Gasteiger partial charge in [-0.15, -0.1) is 0 Å². The van der Waals surface area contributed by atoms with Crippen molar-refractivity contribution in [2.24, 2.45) is 4.99 Å². The standard InChI is InChI=1S/C8H8F2N2O/c9-7(10)8-11-4-2-1-3-5(13)6(4)12-8/h1-4,6-7,13H,(H,11,12). The monoisotopic (exact) mass is 186 g/mol. The Morgan fingerprint density at radius 1 is 1.54 bits per heavy atom. The van der Waals surface area contributed by atoms with E-state index in [1.54, 1.807) is 12.2 Å². The molecule has 70 valence electrons. The molecule has 2 rings (SSSR count). The van der Waals surface area contributed by atoms with E-state index in [-0.39, 0.29) is 17.6 Å². The van der Waals surface area contributed by atoms with Crippen LogP contribution in [0.5, 0.6) is 0 Å². The molecule has 2 atom stereocenters. The van der Waals surface area contributed by atoms with Gasteiger partial charge in [-0.05, 0) is 6.08 Å². The number of amidine groups is 1. The van der Waals surface area contributed by atoms with Crippen LogP contribution >= 0.6 is 0 Å². The van der Waals surface area contributed by atoms with Crippen molar-refractivity contribution in [1.82, 2.24) is 5.32 Å². The summed E-state index contributed by atoms with van der Waals surface area (Å²) in [5, 5.41) is 11.8. The lowest BCUT2D eigenvalue weighted by Gasteiger charge is -2.16. The number of halogens is 2. The molecule has 0 aromatic rings. The van der Waals surface area contributed by atoms with Crippen LogP contribution in [0.2, 0.25) is 0 Å². The third-order valence-electron chi connectivity index (χ3n) is 2.03. The van der Waals surface area contributed by atoms with Gasteiger partial charge in [0.25, 0.3) is 6.43 Å². The molecule has 0 fully saturated rings. The summed E-state index contributed by atoms with van der Waals surface area (Å²) < 4.78 is 24.4. The average molecular weight is 186 g/mol. The summed E-state index contributed by atoms with van der Waals surface area (Å²) in [6.45, 7) is 0. The van der Waals surface area contributed by atoms with Crippen molar-refractivity contribution in [1.29, 1.82) is 0 Å². The average Bonchev–Trinajstić information content (AvgIpc) is 2.49. The Balaban J connectivity index is 2.23. The first-order chi connectivity index (χ1) is 6.18. The van der Waals surface area contributed by atoms with Crippen LogP contribution in [0.15, 0.2) is 29.0 Å². The Bertz CT molecular complexity index is 309. The Hall–Kier alpha value is -1.39. The molecule has 2 N–H and O–H groups in total. The zero-order chi connectivity index (χ0) is 9.42. The lowest BCUT2D eigenvalue weighted by molar-refractivity contribution is 0.221. The van der Waals surface area contributed by atoms with E-state index in [1.807, 2.05) is 0 Å². The van der Waals surface area contributed by atoms with Gasteiger partial charge in [0.1, 0.15) is 11.8 Å². The summed E-state index contributed by atoms with van der Waals surface area (Å²) in [6, 6.07) is -0.900. The molecule has 2 unspecified atom stereocenters. The van der Waals surface area contributed by atoms with Crippen molar-refractivity contribution < 1.29 is 13.9 Å². The summed E-state index contributed by atoms with van der Waals surface area (Å²) in [5.41, 5.74) is 0. The minimum Gasteiger partial charge on any atom is -0.510 e. The molecule has 0 spiro atoms. The molecule has 1 aliphatic carbocycles. The second-order valence-corrected chi connectivity index (χ2v) is 2.91. The quantitative estimate of drug-likeness (QED) is 0.641. The second kappa shape index (κ2) is 2.83. The molecule has 1 heterocycles. The minimum absolute atomic E-state index is 0.0238. The van der Waals surface area contributed by atoms with Crippen LogP contribution in [0.3, 0.4) is 0 Å².